The lowest BCUT2D eigenvalue weighted by molar-refractivity contribution is -0.121. The van der Waals surface area contributed by atoms with Crippen molar-refractivity contribution in [2.75, 3.05) is 12.4 Å². The fourth-order valence-electron chi connectivity index (χ4n) is 1.56. The molecule has 1 aromatic rings. The number of ether oxygens (including phenoxy) is 1. The van der Waals surface area contributed by atoms with E-state index in [4.69, 9.17) is 15.7 Å². The number of nitrogens with zero attached hydrogens (tertiary/aromatic N) is 1. The van der Waals surface area contributed by atoms with Crippen molar-refractivity contribution in [2.24, 2.45) is 16.3 Å². The highest BCUT2D eigenvalue weighted by molar-refractivity contribution is 9.10. The first-order valence-electron chi connectivity index (χ1n) is 6.02. The first-order valence-corrected chi connectivity index (χ1v) is 6.81. The second-order valence-electron chi connectivity index (χ2n) is 4.47. The van der Waals surface area contributed by atoms with E-state index in [0.717, 1.165) is 0 Å². The number of carbonyl (C=O) groups excluding carboxylic acids is 1. The minimum absolute atomic E-state index is 0.128. The number of nitrogens with one attached hydrogen (secondary N) is 1. The zero-order valence-corrected chi connectivity index (χ0v) is 13.2. The van der Waals surface area contributed by atoms with Crippen LogP contribution >= 0.6 is 15.9 Å². The van der Waals surface area contributed by atoms with Crippen LogP contribution in [0.3, 0.4) is 0 Å². The molecule has 0 bridgehead atoms. The fourth-order valence-corrected chi connectivity index (χ4v) is 1.90. The number of nitrogens with two attached hydrogens (primary N) is 1. The van der Waals surface area contributed by atoms with Crippen molar-refractivity contribution in [3.8, 4) is 5.75 Å². The van der Waals surface area contributed by atoms with E-state index in [1.54, 1.807) is 39.2 Å². The molecule has 0 radical (unpaired) electrons. The molecule has 20 heavy (non-hydrogen) atoms. The van der Waals surface area contributed by atoms with Gasteiger partial charge in [0.25, 0.3) is 0 Å². The highest BCUT2D eigenvalue weighted by atomic mass is 79.9. The summed E-state index contributed by atoms with van der Waals surface area (Å²) in [5, 5.41) is 14.5. The molecule has 1 rings (SSSR count). The molecule has 0 saturated heterocycles. The third-order valence-corrected chi connectivity index (χ3v) is 3.99. The summed E-state index contributed by atoms with van der Waals surface area (Å²) < 4.78 is 5.82. The molecule has 4 N–H and O–H groups in total. The zero-order chi connectivity index (χ0) is 15.3. The molecular weight excluding hydrogens is 326 g/mol. The molecule has 0 fully saturated rings. The normalized spacial score (nSPS) is 14.5. The maximum absolute atomic E-state index is 12.4. The van der Waals surface area contributed by atoms with Gasteiger partial charge in [-0.15, -0.1) is 0 Å². The van der Waals surface area contributed by atoms with E-state index < -0.39 is 5.41 Å². The number of halogens is 1. The number of amidine groups is 1. The Morgan fingerprint density at radius 1 is 1.60 bits per heavy atom. The number of carbonyl (C=O) groups is 1. The molecule has 7 heteroatoms. The molecule has 0 heterocycles. The van der Waals surface area contributed by atoms with Gasteiger partial charge in [0.15, 0.2) is 5.84 Å². The van der Waals surface area contributed by atoms with Gasteiger partial charge in [-0.25, -0.2) is 0 Å². The lowest BCUT2D eigenvalue weighted by Gasteiger charge is -2.25. The Morgan fingerprint density at radius 2 is 2.25 bits per heavy atom. The van der Waals surface area contributed by atoms with Crippen molar-refractivity contribution in [1.82, 2.24) is 0 Å². The first kappa shape index (κ1) is 16.3. The van der Waals surface area contributed by atoms with Crippen LogP contribution in [0.15, 0.2) is 27.8 Å². The number of rotatable bonds is 5. The number of hydrogen-bond acceptors (Lipinski definition) is 4. The van der Waals surface area contributed by atoms with Crippen LogP contribution in [0.5, 0.6) is 5.75 Å². The van der Waals surface area contributed by atoms with Crippen LogP contribution < -0.4 is 15.8 Å². The molecule has 0 saturated carbocycles. The third kappa shape index (κ3) is 3.22. The van der Waals surface area contributed by atoms with Crippen LogP contribution in [0.4, 0.5) is 5.69 Å². The molecule has 110 valence electrons. The molecular formula is C13H18BrN3O3. The molecule has 0 spiro atoms. The summed E-state index contributed by atoms with van der Waals surface area (Å²) in [6.45, 7) is 3.41. The monoisotopic (exact) mass is 343 g/mol. The van der Waals surface area contributed by atoms with Crippen molar-refractivity contribution in [2.45, 2.75) is 20.3 Å². The van der Waals surface area contributed by atoms with Crippen molar-refractivity contribution >= 4 is 33.4 Å². The highest BCUT2D eigenvalue weighted by Crippen LogP contribution is 2.30. The Morgan fingerprint density at radius 3 is 2.75 bits per heavy atom. The lowest BCUT2D eigenvalue weighted by atomic mass is 9.85. The highest BCUT2D eigenvalue weighted by Gasteiger charge is 2.36. The van der Waals surface area contributed by atoms with Crippen LogP contribution in [0.25, 0.3) is 0 Å². The maximum atomic E-state index is 12.4. The topological polar surface area (TPSA) is 96.9 Å². The molecule has 0 aliphatic heterocycles. The van der Waals surface area contributed by atoms with Crippen molar-refractivity contribution in [3.63, 3.8) is 0 Å². The van der Waals surface area contributed by atoms with E-state index in [9.17, 15) is 4.79 Å². The Kier molecular flexibility index (Phi) is 5.38. The summed E-state index contributed by atoms with van der Waals surface area (Å²) in [5.74, 6) is 0.131. The fraction of sp³-hybridized carbons (Fsp3) is 0.385. The van der Waals surface area contributed by atoms with Gasteiger partial charge < -0.3 is 21.0 Å². The number of hydrogen-bond donors (Lipinski definition) is 3. The number of anilines is 1. The van der Waals surface area contributed by atoms with E-state index in [2.05, 4.69) is 26.4 Å². The zero-order valence-electron chi connectivity index (χ0n) is 11.6. The van der Waals surface area contributed by atoms with Crippen molar-refractivity contribution in [1.29, 1.82) is 0 Å². The molecule has 1 amide bonds. The summed E-state index contributed by atoms with van der Waals surface area (Å²) >= 11 is 3.35. The number of amides is 1. The van der Waals surface area contributed by atoms with Crippen LogP contribution in [0.1, 0.15) is 20.3 Å². The Hall–Kier alpha value is -1.76. The van der Waals surface area contributed by atoms with Gasteiger partial charge in [-0.1, -0.05) is 12.1 Å². The Balaban J connectivity index is 3.06. The van der Waals surface area contributed by atoms with Gasteiger partial charge in [0.05, 0.1) is 12.8 Å². The smallest absolute Gasteiger partial charge is 0.238 e. The van der Waals surface area contributed by atoms with Gasteiger partial charge in [-0.05, 0) is 41.4 Å². The molecule has 6 nitrogen and oxygen atoms in total. The molecule has 1 aromatic carbocycles. The van der Waals surface area contributed by atoms with E-state index >= 15 is 0 Å². The number of benzene rings is 1. The third-order valence-electron chi connectivity index (χ3n) is 3.30. The summed E-state index contributed by atoms with van der Waals surface area (Å²) in [4.78, 5) is 12.4. The molecule has 0 aliphatic carbocycles. The van der Waals surface area contributed by atoms with E-state index in [1.165, 1.54) is 0 Å². The van der Waals surface area contributed by atoms with Crippen molar-refractivity contribution in [3.05, 3.63) is 22.7 Å². The van der Waals surface area contributed by atoms with Gasteiger partial charge in [0, 0.05) is 10.5 Å². The minimum atomic E-state index is -1.09. The van der Waals surface area contributed by atoms with Crippen LogP contribution in [-0.4, -0.2) is 24.1 Å². The van der Waals surface area contributed by atoms with Gasteiger partial charge in [-0.3, -0.25) is 4.79 Å². The maximum Gasteiger partial charge on any atom is 0.238 e. The SMILES string of the molecule is CCC(C)(C(=O)Nc1cc(OC)ccc1Br)/C(N)=N/O. The standard InChI is InChI=1S/C13H18BrN3O3/c1-4-13(2,11(15)17-19)12(18)16-10-7-8(20-3)5-6-9(10)14/h5-7,19H,4H2,1-3H3,(H2,15,17)(H,16,18). The summed E-state index contributed by atoms with van der Waals surface area (Å²) in [6.07, 6.45) is 0.399. The van der Waals surface area contributed by atoms with Crippen LogP contribution in [0, 0.1) is 5.41 Å². The van der Waals surface area contributed by atoms with Crippen LogP contribution in [0.2, 0.25) is 0 Å². The van der Waals surface area contributed by atoms with E-state index in [1.807, 2.05) is 0 Å². The lowest BCUT2D eigenvalue weighted by Crippen LogP contribution is -2.44. The second-order valence-corrected chi connectivity index (χ2v) is 5.33. The number of methoxy groups -OCH3 is 1. The first-order chi connectivity index (χ1) is 9.38. The summed E-state index contributed by atoms with van der Waals surface area (Å²) in [5.41, 5.74) is 5.08. The molecule has 0 aliphatic rings. The predicted molar refractivity (Wildman–Crippen MR) is 81.1 cm³/mol. The average Bonchev–Trinajstić information content (AvgIpc) is 2.47. The molecule has 1 atom stereocenters. The van der Waals surface area contributed by atoms with Gasteiger partial charge >= 0.3 is 0 Å². The molecule has 0 aromatic heterocycles. The quantitative estimate of drug-likeness (QED) is 0.331. The van der Waals surface area contributed by atoms with Gasteiger partial charge in [0.1, 0.15) is 11.2 Å². The molecule has 1 unspecified atom stereocenters. The second kappa shape index (κ2) is 6.60. The predicted octanol–water partition coefficient (Wildman–Crippen LogP) is 2.56. The van der Waals surface area contributed by atoms with Gasteiger partial charge in [0.2, 0.25) is 5.91 Å². The van der Waals surface area contributed by atoms with E-state index in [-0.39, 0.29) is 11.7 Å². The summed E-state index contributed by atoms with van der Waals surface area (Å²) in [6, 6.07) is 5.22. The Bertz CT molecular complexity index is 534. The average molecular weight is 344 g/mol. The van der Waals surface area contributed by atoms with Crippen molar-refractivity contribution < 1.29 is 14.7 Å². The number of oxime groups is 1. The largest absolute Gasteiger partial charge is 0.497 e. The summed E-state index contributed by atoms with van der Waals surface area (Å²) in [7, 11) is 1.54. The minimum Gasteiger partial charge on any atom is -0.497 e. The Labute approximate surface area is 126 Å². The van der Waals surface area contributed by atoms with Crippen LogP contribution in [-0.2, 0) is 4.79 Å². The van der Waals surface area contributed by atoms with Gasteiger partial charge in [-0.2, -0.15) is 0 Å². The van der Waals surface area contributed by atoms with E-state index in [0.29, 0.717) is 22.3 Å².